The molecule has 0 saturated carbocycles. The number of anilines is 1. The van der Waals surface area contributed by atoms with Crippen molar-refractivity contribution in [1.82, 2.24) is 10.3 Å². The Morgan fingerprint density at radius 3 is 2.30 bits per heavy atom. The van der Waals surface area contributed by atoms with Crippen LogP contribution in [0.5, 0.6) is 0 Å². The summed E-state index contributed by atoms with van der Waals surface area (Å²) in [5.41, 5.74) is 3.05. The van der Waals surface area contributed by atoms with Gasteiger partial charge in [-0.05, 0) is 47.5 Å². The molecule has 0 aliphatic carbocycles. The summed E-state index contributed by atoms with van der Waals surface area (Å²) in [6, 6.07) is 18.0. The minimum Gasteiger partial charge on any atom is -0.348 e. The van der Waals surface area contributed by atoms with Gasteiger partial charge in [-0.2, -0.15) is 0 Å². The molecule has 136 valence electrons. The lowest BCUT2D eigenvalue weighted by atomic mass is 10.1. The SMILES string of the molecule is O=C(Cc1ccc(Cl)cc1)Nc1ccc(CNC(=O)c2cccnc2)cc1. The summed E-state index contributed by atoms with van der Waals surface area (Å²) in [7, 11) is 0. The van der Waals surface area contributed by atoms with Gasteiger partial charge in [0, 0.05) is 29.6 Å². The molecule has 1 heterocycles. The monoisotopic (exact) mass is 379 g/mol. The van der Waals surface area contributed by atoms with E-state index in [1.54, 1.807) is 30.5 Å². The number of halogens is 1. The van der Waals surface area contributed by atoms with E-state index in [1.165, 1.54) is 6.20 Å². The lowest BCUT2D eigenvalue weighted by Gasteiger charge is -2.08. The van der Waals surface area contributed by atoms with Crippen LogP contribution in [0.4, 0.5) is 5.69 Å². The zero-order valence-electron chi connectivity index (χ0n) is 14.5. The van der Waals surface area contributed by atoms with Gasteiger partial charge in [0.1, 0.15) is 0 Å². The lowest BCUT2D eigenvalue weighted by molar-refractivity contribution is -0.115. The van der Waals surface area contributed by atoms with Gasteiger partial charge >= 0.3 is 0 Å². The largest absolute Gasteiger partial charge is 0.348 e. The van der Waals surface area contributed by atoms with Crippen molar-refractivity contribution >= 4 is 29.1 Å². The molecule has 1 aromatic heterocycles. The van der Waals surface area contributed by atoms with Gasteiger partial charge in [-0.1, -0.05) is 35.9 Å². The zero-order chi connectivity index (χ0) is 19.1. The van der Waals surface area contributed by atoms with Crippen LogP contribution in [-0.2, 0) is 17.8 Å². The number of nitrogens with zero attached hydrogens (tertiary/aromatic N) is 1. The van der Waals surface area contributed by atoms with Crippen LogP contribution in [0.1, 0.15) is 21.5 Å². The quantitative estimate of drug-likeness (QED) is 0.683. The van der Waals surface area contributed by atoms with Crippen LogP contribution < -0.4 is 10.6 Å². The fraction of sp³-hybridized carbons (Fsp3) is 0.0952. The normalized spacial score (nSPS) is 10.3. The molecule has 3 aromatic rings. The van der Waals surface area contributed by atoms with Crippen molar-refractivity contribution in [2.75, 3.05) is 5.32 Å². The first-order valence-corrected chi connectivity index (χ1v) is 8.79. The van der Waals surface area contributed by atoms with Crippen molar-refractivity contribution < 1.29 is 9.59 Å². The number of carbonyl (C=O) groups excluding carboxylic acids is 2. The summed E-state index contributed by atoms with van der Waals surface area (Å²) in [4.78, 5) is 28.1. The van der Waals surface area contributed by atoms with E-state index >= 15 is 0 Å². The molecular formula is C21H18ClN3O2. The summed E-state index contributed by atoms with van der Waals surface area (Å²) in [5.74, 6) is -0.279. The van der Waals surface area contributed by atoms with Crippen LogP contribution in [0.3, 0.4) is 0 Å². The summed E-state index contributed by atoms with van der Waals surface area (Å²) in [6.07, 6.45) is 3.42. The van der Waals surface area contributed by atoms with Crippen LogP contribution >= 0.6 is 11.6 Å². The third-order valence-corrected chi connectivity index (χ3v) is 4.14. The van der Waals surface area contributed by atoms with Crippen molar-refractivity contribution in [2.45, 2.75) is 13.0 Å². The van der Waals surface area contributed by atoms with Crippen LogP contribution in [0.25, 0.3) is 0 Å². The van der Waals surface area contributed by atoms with Gasteiger partial charge in [-0.25, -0.2) is 0 Å². The minimum absolute atomic E-state index is 0.102. The van der Waals surface area contributed by atoms with E-state index in [1.807, 2.05) is 36.4 Å². The molecule has 0 spiro atoms. The first-order chi connectivity index (χ1) is 13.1. The summed E-state index contributed by atoms with van der Waals surface area (Å²) in [6.45, 7) is 0.396. The molecule has 2 N–H and O–H groups in total. The molecule has 2 amide bonds. The number of hydrogen-bond donors (Lipinski definition) is 2. The highest BCUT2D eigenvalue weighted by atomic mass is 35.5. The second-order valence-electron chi connectivity index (χ2n) is 5.97. The maximum absolute atomic E-state index is 12.1. The molecule has 0 aliphatic heterocycles. The number of hydrogen-bond acceptors (Lipinski definition) is 3. The highest BCUT2D eigenvalue weighted by molar-refractivity contribution is 6.30. The molecule has 2 aromatic carbocycles. The van der Waals surface area contributed by atoms with E-state index in [0.29, 0.717) is 22.8 Å². The Bertz CT molecular complexity index is 910. The van der Waals surface area contributed by atoms with Gasteiger partial charge in [-0.3, -0.25) is 14.6 Å². The van der Waals surface area contributed by atoms with Gasteiger partial charge in [0.05, 0.1) is 12.0 Å². The predicted molar refractivity (Wildman–Crippen MR) is 106 cm³/mol. The Hall–Kier alpha value is -3.18. The Labute approximate surface area is 162 Å². The number of amides is 2. The molecule has 3 rings (SSSR count). The molecule has 27 heavy (non-hydrogen) atoms. The van der Waals surface area contributed by atoms with E-state index in [2.05, 4.69) is 15.6 Å². The van der Waals surface area contributed by atoms with E-state index in [4.69, 9.17) is 11.6 Å². The van der Waals surface area contributed by atoms with Crippen LogP contribution in [0, 0.1) is 0 Å². The highest BCUT2D eigenvalue weighted by Crippen LogP contribution is 2.13. The number of nitrogens with one attached hydrogen (secondary N) is 2. The molecule has 0 bridgehead atoms. The third kappa shape index (κ3) is 5.66. The van der Waals surface area contributed by atoms with Crippen molar-refractivity contribution in [3.63, 3.8) is 0 Å². The predicted octanol–water partition coefficient (Wildman–Crippen LogP) is 3.85. The summed E-state index contributed by atoms with van der Waals surface area (Å²) < 4.78 is 0. The Balaban J connectivity index is 1.50. The molecule has 0 fully saturated rings. The van der Waals surface area contributed by atoms with Crippen LogP contribution in [-0.4, -0.2) is 16.8 Å². The second-order valence-corrected chi connectivity index (χ2v) is 6.41. The maximum Gasteiger partial charge on any atom is 0.253 e. The van der Waals surface area contributed by atoms with Gasteiger partial charge < -0.3 is 10.6 Å². The van der Waals surface area contributed by atoms with E-state index < -0.39 is 0 Å². The zero-order valence-corrected chi connectivity index (χ0v) is 15.2. The number of rotatable bonds is 6. The number of benzene rings is 2. The van der Waals surface area contributed by atoms with Crippen molar-refractivity contribution in [1.29, 1.82) is 0 Å². The number of carbonyl (C=O) groups is 2. The van der Waals surface area contributed by atoms with Gasteiger partial charge in [0.25, 0.3) is 5.91 Å². The first kappa shape index (κ1) is 18.6. The Kier molecular flexibility index (Phi) is 6.18. The van der Waals surface area contributed by atoms with Crippen LogP contribution in [0.15, 0.2) is 73.1 Å². The molecule has 5 nitrogen and oxygen atoms in total. The standard InChI is InChI=1S/C21H18ClN3O2/c22-18-7-3-15(4-8-18)12-20(26)25-19-9-5-16(6-10-19)13-24-21(27)17-2-1-11-23-14-17/h1-11,14H,12-13H2,(H,24,27)(H,25,26). The average Bonchev–Trinajstić information content (AvgIpc) is 2.69. The first-order valence-electron chi connectivity index (χ1n) is 8.41. The second kappa shape index (κ2) is 8.96. The number of aromatic nitrogens is 1. The Morgan fingerprint density at radius 1 is 0.926 bits per heavy atom. The average molecular weight is 380 g/mol. The molecule has 0 radical (unpaired) electrons. The highest BCUT2D eigenvalue weighted by Gasteiger charge is 2.06. The molecular weight excluding hydrogens is 362 g/mol. The fourth-order valence-corrected chi connectivity index (χ4v) is 2.61. The minimum atomic E-state index is -0.177. The molecule has 0 saturated heterocycles. The van der Waals surface area contributed by atoms with E-state index in [0.717, 1.165) is 11.1 Å². The lowest BCUT2D eigenvalue weighted by Crippen LogP contribution is -2.22. The van der Waals surface area contributed by atoms with E-state index in [9.17, 15) is 9.59 Å². The molecule has 0 atom stereocenters. The van der Waals surface area contributed by atoms with Gasteiger partial charge in [0.15, 0.2) is 0 Å². The molecule has 6 heteroatoms. The topological polar surface area (TPSA) is 71.1 Å². The van der Waals surface area contributed by atoms with Crippen molar-refractivity contribution in [3.05, 3.63) is 94.8 Å². The third-order valence-electron chi connectivity index (χ3n) is 3.89. The smallest absolute Gasteiger partial charge is 0.253 e. The number of pyridine rings is 1. The molecule has 0 aliphatic rings. The van der Waals surface area contributed by atoms with Crippen LogP contribution in [0.2, 0.25) is 5.02 Å². The Morgan fingerprint density at radius 2 is 1.63 bits per heavy atom. The van der Waals surface area contributed by atoms with E-state index in [-0.39, 0.29) is 18.2 Å². The van der Waals surface area contributed by atoms with Gasteiger partial charge in [-0.15, -0.1) is 0 Å². The fourth-order valence-electron chi connectivity index (χ4n) is 2.48. The van der Waals surface area contributed by atoms with Crippen molar-refractivity contribution in [3.8, 4) is 0 Å². The molecule has 0 unspecified atom stereocenters. The van der Waals surface area contributed by atoms with Gasteiger partial charge in [0.2, 0.25) is 5.91 Å². The summed E-state index contributed by atoms with van der Waals surface area (Å²) in [5, 5.41) is 6.33. The van der Waals surface area contributed by atoms with Crippen molar-refractivity contribution in [2.24, 2.45) is 0 Å². The maximum atomic E-state index is 12.1. The summed E-state index contributed by atoms with van der Waals surface area (Å²) >= 11 is 5.84.